The molecule has 9 heavy (non-hydrogen) atoms. The van der Waals surface area contributed by atoms with Gasteiger partial charge in [-0.3, -0.25) is 0 Å². The molecule has 0 heterocycles. The van der Waals surface area contributed by atoms with Gasteiger partial charge in [0.25, 0.3) is 0 Å². The average molecular weight is 130 g/mol. The molecule has 1 rings (SSSR count). The SMILES string of the molecule is CNCC1(N(C)C)CC1.[HH]. The molecule has 0 bridgehead atoms. The van der Waals surface area contributed by atoms with Crippen LogP contribution >= 0.6 is 0 Å². The van der Waals surface area contributed by atoms with Crippen LogP contribution in [0, 0.1) is 0 Å². The van der Waals surface area contributed by atoms with Gasteiger partial charge in [0, 0.05) is 13.5 Å². The predicted molar refractivity (Wildman–Crippen MR) is 41.7 cm³/mol. The van der Waals surface area contributed by atoms with Crippen molar-refractivity contribution in [2.24, 2.45) is 0 Å². The van der Waals surface area contributed by atoms with Crippen molar-refractivity contribution in [1.29, 1.82) is 0 Å². The Bertz CT molecular complexity index is 99.8. The van der Waals surface area contributed by atoms with Gasteiger partial charge in [0.05, 0.1) is 0 Å². The van der Waals surface area contributed by atoms with E-state index in [4.69, 9.17) is 0 Å². The highest BCUT2D eigenvalue weighted by Crippen LogP contribution is 2.38. The van der Waals surface area contributed by atoms with E-state index in [9.17, 15) is 0 Å². The first-order valence-corrected chi connectivity index (χ1v) is 3.53. The molecule has 2 nitrogen and oxygen atoms in total. The van der Waals surface area contributed by atoms with E-state index in [1.165, 1.54) is 12.8 Å². The summed E-state index contributed by atoms with van der Waals surface area (Å²) >= 11 is 0. The minimum Gasteiger partial charge on any atom is -0.318 e. The Morgan fingerprint density at radius 2 is 2.11 bits per heavy atom. The molecule has 1 saturated carbocycles. The van der Waals surface area contributed by atoms with Crippen molar-refractivity contribution < 1.29 is 1.43 Å². The first-order valence-electron chi connectivity index (χ1n) is 3.53. The highest BCUT2D eigenvalue weighted by Gasteiger charge is 2.43. The molecule has 0 spiro atoms. The molecule has 0 radical (unpaired) electrons. The standard InChI is InChI=1S/C7H16N2.H2/c1-8-6-7(4-5-7)9(2)3;/h8H,4-6H2,1-3H3;1H. The first-order chi connectivity index (χ1) is 4.21. The molecule has 56 valence electrons. The minimum absolute atomic E-state index is 0. The Balaban J connectivity index is 0.000000810. The topological polar surface area (TPSA) is 15.3 Å². The summed E-state index contributed by atoms with van der Waals surface area (Å²) in [6.07, 6.45) is 2.72. The molecule has 1 aliphatic carbocycles. The zero-order chi connectivity index (χ0) is 6.91. The summed E-state index contributed by atoms with van der Waals surface area (Å²) in [5.74, 6) is 0. The van der Waals surface area contributed by atoms with Gasteiger partial charge in [-0.1, -0.05) is 0 Å². The van der Waals surface area contributed by atoms with Crippen LogP contribution in [0.1, 0.15) is 14.3 Å². The lowest BCUT2D eigenvalue weighted by Crippen LogP contribution is -2.38. The molecule has 2 heteroatoms. The van der Waals surface area contributed by atoms with Gasteiger partial charge in [0.15, 0.2) is 0 Å². The largest absolute Gasteiger partial charge is 0.318 e. The molecule has 0 amide bonds. The molecule has 0 saturated heterocycles. The maximum atomic E-state index is 3.21. The molecule has 0 unspecified atom stereocenters. The number of likely N-dealkylation sites (N-methyl/N-ethyl adjacent to an activating group) is 2. The number of nitrogens with one attached hydrogen (secondary N) is 1. The number of rotatable bonds is 3. The summed E-state index contributed by atoms with van der Waals surface area (Å²) in [4.78, 5) is 2.32. The van der Waals surface area contributed by atoms with Crippen LogP contribution < -0.4 is 5.32 Å². The Kier molecular flexibility index (Phi) is 1.78. The maximum Gasteiger partial charge on any atom is 0.0329 e. The number of hydrogen-bond donors (Lipinski definition) is 1. The third-order valence-electron chi connectivity index (χ3n) is 2.28. The monoisotopic (exact) mass is 130 g/mol. The summed E-state index contributed by atoms with van der Waals surface area (Å²) in [5.41, 5.74) is 0.523. The van der Waals surface area contributed by atoms with E-state index < -0.39 is 0 Å². The molecule has 0 aromatic carbocycles. The lowest BCUT2D eigenvalue weighted by Gasteiger charge is -2.22. The van der Waals surface area contributed by atoms with Gasteiger partial charge >= 0.3 is 0 Å². The summed E-state index contributed by atoms with van der Waals surface area (Å²) in [6.45, 7) is 1.14. The summed E-state index contributed by atoms with van der Waals surface area (Å²) in [5, 5.41) is 3.21. The second kappa shape index (κ2) is 2.27. The fraction of sp³-hybridized carbons (Fsp3) is 1.00. The van der Waals surface area contributed by atoms with E-state index in [1.54, 1.807) is 0 Å². The van der Waals surface area contributed by atoms with Crippen molar-refractivity contribution in [2.75, 3.05) is 27.7 Å². The summed E-state index contributed by atoms with van der Waals surface area (Å²) in [6, 6.07) is 0. The van der Waals surface area contributed by atoms with Crippen LogP contribution in [0.2, 0.25) is 0 Å². The molecule has 0 aromatic heterocycles. The van der Waals surface area contributed by atoms with E-state index in [-0.39, 0.29) is 1.43 Å². The van der Waals surface area contributed by atoms with Crippen LogP contribution in [0.3, 0.4) is 0 Å². The predicted octanol–water partition coefficient (Wildman–Crippen LogP) is 0.546. The van der Waals surface area contributed by atoms with Crippen LogP contribution in [0.5, 0.6) is 0 Å². The fourth-order valence-corrected chi connectivity index (χ4v) is 1.26. The third-order valence-corrected chi connectivity index (χ3v) is 2.28. The van der Waals surface area contributed by atoms with Crippen molar-refractivity contribution in [1.82, 2.24) is 10.2 Å². The molecule has 0 aliphatic heterocycles. The van der Waals surface area contributed by atoms with E-state index in [2.05, 4.69) is 24.3 Å². The quantitative estimate of drug-likeness (QED) is 0.600. The zero-order valence-corrected chi connectivity index (χ0v) is 6.57. The normalized spacial score (nSPS) is 22.7. The van der Waals surface area contributed by atoms with Gasteiger partial charge in [-0.25, -0.2) is 0 Å². The van der Waals surface area contributed by atoms with E-state index in [1.807, 2.05) is 7.05 Å². The lowest BCUT2D eigenvalue weighted by atomic mass is 10.2. The summed E-state index contributed by atoms with van der Waals surface area (Å²) in [7, 11) is 6.33. The molecule has 0 atom stereocenters. The molecule has 1 N–H and O–H groups in total. The van der Waals surface area contributed by atoms with E-state index in [0.29, 0.717) is 5.54 Å². The van der Waals surface area contributed by atoms with Gasteiger partial charge < -0.3 is 10.2 Å². The minimum atomic E-state index is 0. The number of hydrogen-bond acceptors (Lipinski definition) is 2. The van der Waals surface area contributed by atoms with Gasteiger partial charge in [0.2, 0.25) is 0 Å². The van der Waals surface area contributed by atoms with Crippen molar-refractivity contribution in [3.05, 3.63) is 0 Å². The van der Waals surface area contributed by atoms with Crippen LogP contribution in [-0.2, 0) is 0 Å². The fourth-order valence-electron chi connectivity index (χ4n) is 1.26. The maximum absolute atomic E-state index is 3.21. The van der Waals surface area contributed by atoms with Crippen LogP contribution in [0.4, 0.5) is 0 Å². The van der Waals surface area contributed by atoms with Crippen LogP contribution in [-0.4, -0.2) is 38.1 Å². The number of nitrogens with zero attached hydrogens (tertiary/aromatic N) is 1. The highest BCUT2D eigenvalue weighted by molar-refractivity contribution is 5.02. The van der Waals surface area contributed by atoms with Crippen molar-refractivity contribution in [3.63, 3.8) is 0 Å². The van der Waals surface area contributed by atoms with E-state index >= 15 is 0 Å². The molecule has 1 aliphatic rings. The Labute approximate surface area is 58.7 Å². The zero-order valence-electron chi connectivity index (χ0n) is 6.57. The molecule has 1 fully saturated rings. The van der Waals surface area contributed by atoms with E-state index in [0.717, 1.165) is 6.54 Å². The summed E-state index contributed by atoms with van der Waals surface area (Å²) < 4.78 is 0. The highest BCUT2D eigenvalue weighted by atomic mass is 15.2. The smallest absolute Gasteiger partial charge is 0.0329 e. The second-order valence-electron chi connectivity index (χ2n) is 3.15. The molecular formula is C7H18N2. The van der Waals surface area contributed by atoms with Crippen molar-refractivity contribution >= 4 is 0 Å². The van der Waals surface area contributed by atoms with Crippen LogP contribution in [0.15, 0.2) is 0 Å². The van der Waals surface area contributed by atoms with Crippen molar-refractivity contribution in [3.8, 4) is 0 Å². The molecular weight excluding hydrogens is 112 g/mol. The average Bonchev–Trinajstić information content (AvgIpc) is 2.49. The first kappa shape index (κ1) is 7.03. The van der Waals surface area contributed by atoms with Crippen molar-refractivity contribution in [2.45, 2.75) is 18.4 Å². The van der Waals surface area contributed by atoms with Gasteiger partial charge in [-0.05, 0) is 34.0 Å². The van der Waals surface area contributed by atoms with Crippen LogP contribution in [0.25, 0.3) is 0 Å². The van der Waals surface area contributed by atoms with Gasteiger partial charge in [-0.15, -0.1) is 0 Å². The molecule has 0 aromatic rings. The Hall–Kier alpha value is -0.0800. The lowest BCUT2D eigenvalue weighted by molar-refractivity contribution is 0.266. The third kappa shape index (κ3) is 1.25. The van der Waals surface area contributed by atoms with Gasteiger partial charge in [-0.2, -0.15) is 0 Å². The Morgan fingerprint density at radius 3 is 2.22 bits per heavy atom. The second-order valence-corrected chi connectivity index (χ2v) is 3.15. The Morgan fingerprint density at radius 1 is 1.56 bits per heavy atom. The van der Waals surface area contributed by atoms with Gasteiger partial charge in [0.1, 0.15) is 0 Å².